The Balaban J connectivity index is 1.87. The molecule has 33 heavy (non-hydrogen) atoms. The molecule has 0 fully saturated rings. The van der Waals surface area contributed by atoms with Crippen molar-refractivity contribution in [2.75, 3.05) is 26.9 Å². The van der Waals surface area contributed by atoms with Gasteiger partial charge in [0.1, 0.15) is 23.4 Å². The molecule has 1 unspecified atom stereocenters. The molecular weight excluding hydrogens is 428 g/mol. The van der Waals surface area contributed by atoms with E-state index in [1.54, 1.807) is 34.0 Å². The van der Waals surface area contributed by atoms with Gasteiger partial charge < -0.3 is 39.4 Å². The highest BCUT2D eigenvalue weighted by Gasteiger charge is 2.42. The number of rotatable bonds is 7. The molecule has 0 amide bonds. The van der Waals surface area contributed by atoms with Gasteiger partial charge in [0.25, 0.3) is 0 Å². The lowest BCUT2D eigenvalue weighted by molar-refractivity contribution is -0.141. The van der Waals surface area contributed by atoms with Crippen LogP contribution in [0.3, 0.4) is 0 Å². The van der Waals surface area contributed by atoms with Crippen molar-refractivity contribution in [2.45, 2.75) is 45.5 Å². The second kappa shape index (κ2) is 8.99. The fourth-order valence-corrected chi connectivity index (χ4v) is 4.17. The van der Waals surface area contributed by atoms with Crippen LogP contribution in [-0.4, -0.2) is 59.7 Å². The Kier molecular flexibility index (Phi) is 6.27. The van der Waals surface area contributed by atoms with Crippen molar-refractivity contribution in [2.24, 2.45) is 0 Å². The number of nitrogens with one attached hydrogen (secondary N) is 1. The molecule has 0 aliphatic carbocycles. The number of methoxy groups -OCH3 is 1. The summed E-state index contributed by atoms with van der Waals surface area (Å²) in [5, 5.41) is 24.0. The van der Waals surface area contributed by atoms with Crippen molar-refractivity contribution in [3.8, 4) is 17.2 Å². The number of esters is 1. The highest BCUT2D eigenvalue weighted by atomic mass is 16.6. The third-order valence-corrected chi connectivity index (χ3v) is 5.86. The highest BCUT2D eigenvalue weighted by molar-refractivity contribution is 5.96. The summed E-state index contributed by atoms with van der Waals surface area (Å²) in [6, 6.07) is 0. The Bertz CT molecular complexity index is 1040. The van der Waals surface area contributed by atoms with Crippen molar-refractivity contribution in [3.63, 3.8) is 0 Å². The maximum absolute atomic E-state index is 12.6. The molecule has 0 saturated heterocycles. The molecule has 0 aromatic heterocycles. The van der Waals surface area contributed by atoms with Gasteiger partial charge in [0, 0.05) is 30.9 Å². The molecule has 1 atom stereocenters. The highest BCUT2D eigenvalue weighted by Crippen LogP contribution is 2.53. The molecule has 3 aliphatic rings. The van der Waals surface area contributed by atoms with Crippen molar-refractivity contribution in [1.29, 1.82) is 0 Å². The van der Waals surface area contributed by atoms with Crippen LogP contribution in [0, 0.1) is 0 Å². The molecule has 1 aromatic rings. The number of allylic oxidation sites excluding steroid dienone is 2. The number of aliphatic hydroxyl groups excluding tert-OH is 1. The Morgan fingerprint density at radius 1 is 1.39 bits per heavy atom. The van der Waals surface area contributed by atoms with Gasteiger partial charge in [-0.1, -0.05) is 6.08 Å². The van der Waals surface area contributed by atoms with Gasteiger partial charge in [0.05, 0.1) is 43.7 Å². The number of nitrogens with zero attached hydrogens (tertiary/aromatic N) is 1. The van der Waals surface area contributed by atoms with Crippen LogP contribution < -0.4 is 19.5 Å². The van der Waals surface area contributed by atoms with E-state index in [4.69, 9.17) is 18.9 Å². The molecule has 0 saturated carbocycles. The minimum absolute atomic E-state index is 0.0134. The summed E-state index contributed by atoms with van der Waals surface area (Å²) in [7, 11) is 1.56. The molecule has 4 rings (SSSR count). The average Bonchev–Trinajstić information content (AvgIpc) is 3.45. The fourth-order valence-electron chi connectivity index (χ4n) is 4.17. The Hall–Kier alpha value is -3.17. The lowest BCUT2D eigenvalue weighted by Crippen LogP contribution is -2.39. The number of benzene rings is 1. The second-order valence-corrected chi connectivity index (χ2v) is 8.59. The lowest BCUT2D eigenvalue weighted by Gasteiger charge is -2.26. The summed E-state index contributed by atoms with van der Waals surface area (Å²) in [5.41, 5.74) is 1.37. The largest absolute Gasteiger partial charge is 0.496 e. The molecule has 178 valence electrons. The van der Waals surface area contributed by atoms with E-state index >= 15 is 0 Å². The number of hydrogen-bond acceptors (Lipinski definition) is 9. The van der Waals surface area contributed by atoms with Crippen molar-refractivity contribution >= 4 is 11.5 Å². The SMILES string of the molecule is CCOC(=O)C1=CC(=CCN2C=CNC2)c2c(OC)c3c(c(CO)c2O1)OC(C(C)(C)O)C3. The third-order valence-electron chi connectivity index (χ3n) is 5.86. The van der Waals surface area contributed by atoms with Crippen LogP contribution in [0.25, 0.3) is 5.57 Å². The van der Waals surface area contributed by atoms with Gasteiger partial charge in [-0.25, -0.2) is 4.79 Å². The van der Waals surface area contributed by atoms with Gasteiger partial charge in [0.2, 0.25) is 5.76 Å². The summed E-state index contributed by atoms with van der Waals surface area (Å²) in [6.07, 6.45) is 7.28. The van der Waals surface area contributed by atoms with Gasteiger partial charge in [-0.05, 0) is 32.4 Å². The summed E-state index contributed by atoms with van der Waals surface area (Å²) >= 11 is 0. The first kappa shape index (κ1) is 23.0. The summed E-state index contributed by atoms with van der Waals surface area (Å²) in [6.45, 7) is 6.14. The third kappa shape index (κ3) is 4.26. The maximum Gasteiger partial charge on any atom is 0.374 e. The average molecular weight is 459 g/mol. The molecule has 3 N–H and O–H groups in total. The number of hydrogen-bond donors (Lipinski definition) is 3. The standard InChI is InChI=1S/C24H30N2O7/c1-5-31-23(28)17-10-14(6-8-26-9-7-25-13-26)19-21(30-4)15-11-18(24(2,3)29)33-20(15)16(12-27)22(19)32-17/h6-7,9-10,18,25,27,29H,5,8,11-13H2,1-4H3. The summed E-state index contributed by atoms with van der Waals surface area (Å²) in [4.78, 5) is 14.6. The van der Waals surface area contributed by atoms with Crippen molar-refractivity contribution in [3.05, 3.63) is 47.0 Å². The number of ether oxygens (including phenoxy) is 4. The molecule has 1 aromatic carbocycles. The van der Waals surface area contributed by atoms with E-state index in [2.05, 4.69) is 10.2 Å². The first-order valence-electron chi connectivity index (χ1n) is 10.9. The predicted octanol–water partition coefficient (Wildman–Crippen LogP) is 1.82. The first-order valence-corrected chi connectivity index (χ1v) is 10.9. The van der Waals surface area contributed by atoms with E-state index in [0.717, 1.165) is 5.56 Å². The van der Waals surface area contributed by atoms with Crippen LogP contribution >= 0.6 is 0 Å². The van der Waals surface area contributed by atoms with Crippen molar-refractivity contribution in [1.82, 2.24) is 10.2 Å². The quantitative estimate of drug-likeness (QED) is 0.527. The molecule has 3 aliphatic heterocycles. The van der Waals surface area contributed by atoms with E-state index in [9.17, 15) is 15.0 Å². The van der Waals surface area contributed by atoms with Crippen LogP contribution in [-0.2, 0) is 22.6 Å². The minimum Gasteiger partial charge on any atom is -0.496 e. The van der Waals surface area contributed by atoms with E-state index in [-0.39, 0.29) is 24.7 Å². The second-order valence-electron chi connectivity index (χ2n) is 8.59. The van der Waals surface area contributed by atoms with Gasteiger partial charge in [-0.15, -0.1) is 0 Å². The van der Waals surface area contributed by atoms with E-state index in [1.807, 2.05) is 18.5 Å². The molecule has 9 heteroatoms. The maximum atomic E-state index is 12.6. The summed E-state index contributed by atoms with van der Waals surface area (Å²) < 4.78 is 23.0. The fraction of sp³-hybridized carbons (Fsp3) is 0.458. The van der Waals surface area contributed by atoms with Crippen LogP contribution in [0.15, 0.2) is 30.3 Å². The lowest BCUT2D eigenvalue weighted by atomic mass is 9.90. The Morgan fingerprint density at radius 2 is 2.18 bits per heavy atom. The number of fused-ring (bicyclic) bond motifs is 2. The van der Waals surface area contributed by atoms with Crippen LogP contribution in [0.1, 0.15) is 37.5 Å². The smallest absolute Gasteiger partial charge is 0.374 e. The van der Waals surface area contributed by atoms with Crippen LogP contribution in [0.2, 0.25) is 0 Å². The summed E-state index contributed by atoms with van der Waals surface area (Å²) in [5.74, 6) is 0.645. The monoisotopic (exact) mass is 458 g/mol. The number of carbonyl (C=O) groups excluding carboxylic acids is 1. The molecule has 0 bridgehead atoms. The normalized spacial score (nSPS) is 19.9. The van der Waals surface area contributed by atoms with E-state index in [0.29, 0.717) is 47.8 Å². The van der Waals surface area contributed by atoms with Crippen LogP contribution in [0.4, 0.5) is 0 Å². The molecule has 3 heterocycles. The molecule has 9 nitrogen and oxygen atoms in total. The van der Waals surface area contributed by atoms with Gasteiger partial charge >= 0.3 is 5.97 Å². The zero-order valence-electron chi connectivity index (χ0n) is 19.3. The first-order chi connectivity index (χ1) is 15.8. The zero-order valence-corrected chi connectivity index (χ0v) is 19.3. The number of aliphatic hydroxyl groups is 2. The molecule has 0 spiro atoms. The molecule has 0 radical (unpaired) electrons. The van der Waals surface area contributed by atoms with Crippen LogP contribution in [0.5, 0.6) is 17.2 Å². The Morgan fingerprint density at radius 3 is 2.79 bits per heavy atom. The van der Waals surface area contributed by atoms with Crippen molar-refractivity contribution < 1.29 is 34.0 Å². The van der Waals surface area contributed by atoms with Gasteiger partial charge in [0.15, 0.2) is 0 Å². The number of carbonyl (C=O) groups is 1. The Labute approximate surface area is 192 Å². The predicted molar refractivity (Wildman–Crippen MR) is 121 cm³/mol. The van der Waals surface area contributed by atoms with Gasteiger partial charge in [-0.3, -0.25) is 0 Å². The van der Waals surface area contributed by atoms with E-state index in [1.165, 1.54) is 0 Å². The van der Waals surface area contributed by atoms with E-state index < -0.39 is 17.7 Å². The molecular formula is C24H30N2O7. The minimum atomic E-state index is -1.11. The topological polar surface area (TPSA) is 110 Å². The zero-order chi connectivity index (χ0) is 23.8. The van der Waals surface area contributed by atoms with Gasteiger partial charge in [-0.2, -0.15) is 0 Å².